The summed E-state index contributed by atoms with van der Waals surface area (Å²) in [6.45, 7) is 1.55. The van der Waals surface area contributed by atoms with Gasteiger partial charge < -0.3 is 14.8 Å². The molecule has 116 valence electrons. The first-order valence-electron chi connectivity index (χ1n) is 6.71. The number of aromatic nitrogens is 1. The molecule has 1 aromatic carbocycles. The van der Waals surface area contributed by atoms with Crippen molar-refractivity contribution in [1.29, 1.82) is 0 Å². The van der Waals surface area contributed by atoms with Crippen molar-refractivity contribution >= 4 is 27.6 Å². The van der Waals surface area contributed by atoms with E-state index in [9.17, 15) is 4.79 Å². The second kappa shape index (κ2) is 7.91. The van der Waals surface area contributed by atoms with Crippen LogP contribution in [0.4, 0.5) is 5.69 Å². The van der Waals surface area contributed by atoms with Crippen molar-refractivity contribution in [3.63, 3.8) is 0 Å². The van der Waals surface area contributed by atoms with E-state index in [1.807, 2.05) is 6.07 Å². The predicted molar refractivity (Wildman–Crippen MR) is 87.8 cm³/mol. The molecule has 22 heavy (non-hydrogen) atoms. The van der Waals surface area contributed by atoms with E-state index in [1.165, 1.54) is 18.2 Å². The summed E-state index contributed by atoms with van der Waals surface area (Å²) in [6, 6.07) is 7.87. The van der Waals surface area contributed by atoms with Gasteiger partial charge in [-0.15, -0.1) is 0 Å². The van der Waals surface area contributed by atoms with Crippen LogP contribution in [0, 0.1) is 0 Å². The van der Waals surface area contributed by atoms with E-state index < -0.39 is 0 Å². The molecular weight excluding hydrogens is 348 g/mol. The summed E-state index contributed by atoms with van der Waals surface area (Å²) in [4.78, 5) is 15.0. The van der Waals surface area contributed by atoms with E-state index in [0.29, 0.717) is 11.3 Å². The molecule has 0 atom stereocenters. The molecule has 2 heterocycles. The third-order valence-electron chi connectivity index (χ3n) is 3.18. The highest BCUT2D eigenvalue weighted by molar-refractivity contribution is 9.10. The number of methoxy groups -OCH3 is 1. The molecule has 1 aliphatic heterocycles. The van der Waals surface area contributed by atoms with E-state index in [4.69, 9.17) is 4.74 Å². The summed E-state index contributed by atoms with van der Waals surface area (Å²) in [7, 11) is 3.08. The third kappa shape index (κ3) is 4.05. The summed E-state index contributed by atoms with van der Waals surface area (Å²) in [5, 5.41) is 2.85. The molecule has 0 saturated heterocycles. The summed E-state index contributed by atoms with van der Waals surface area (Å²) in [5.74, 6) is -0.359. The Morgan fingerprint density at radius 3 is 2.82 bits per heavy atom. The molecule has 1 aliphatic rings. The van der Waals surface area contributed by atoms with E-state index >= 15 is 0 Å². The number of nitrogens with zero attached hydrogens (tertiary/aromatic N) is 1. The van der Waals surface area contributed by atoms with Crippen LogP contribution in [0.2, 0.25) is 0 Å². The van der Waals surface area contributed by atoms with Crippen LogP contribution in [0.1, 0.15) is 21.5 Å². The van der Waals surface area contributed by atoms with Gasteiger partial charge in [-0.2, -0.15) is 0 Å². The quantitative estimate of drug-likeness (QED) is 0.827. The zero-order valence-corrected chi connectivity index (χ0v) is 14.0. The Hall–Kier alpha value is -1.92. The number of carbonyl (C=O) groups is 1. The summed E-state index contributed by atoms with van der Waals surface area (Å²) in [6.07, 6.45) is 3.12. The minimum Gasteiger partial charge on any atom is -0.465 e. The number of benzene rings is 1. The highest BCUT2D eigenvalue weighted by atomic mass is 79.9. The van der Waals surface area contributed by atoms with Crippen LogP contribution in [0.15, 0.2) is 41.1 Å². The standard InChI is InChI=1S/C8H7BrO.C8H10N2O2/c9-8-2-1-6-4-10-5-7(6)3-8;1-9-7-5-10-4-3-6(7)8(11)12-2/h1-3H,4-5H2;3-5,9H,1-2H3. The first-order valence-corrected chi connectivity index (χ1v) is 7.50. The zero-order valence-electron chi connectivity index (χ0n) is 12.4. The lowest BCUT2D eigenvalue weighted by Crippen LogP contribution is -2.05. The topological polar surface area (TPSA) is 60.5 Å². The Bertz CT molecular complexity index is 662. The first-order chi connectivity index (χ1) is 10.7. The smallest absolute Gasteiger partial charge is 0.340 e. The maximum Gasteiger partial charge on any atom is 0.340 e. The van der Waals surface area contributed by atoms with Gasteiger partial charge in [0.25, 0.3) is 0 Å². The molecule has 6 heteroatoms. The average molecular weight is 365 g/mol. The van der Waals surface area contributed by atoms with Crippen molar-refractivity contribution in [2.24, 2.45) is 0 Å². The number of fused-ring (bicyclic) bond motifs is 1. The number of pyridine rings is 1. The number of halogens is 1. The fourth-order valence-corrected chi connectivity index (χ4v) is 2.43. The Morgan fingerprint density at radius 1 is 1.32 bits per heavy atom. The number of anilines is 1. The van der Waals surface area contributed by atoms with Crippen LogP contribution >= 0.6 is 15.9 Å². The number of rotatable bonds is 2. The molecule has 0 radical (unpaired) electrons. The van der Waals surface area contributed by atoms with Gasteiger partial charge in [0.2, 0.25) is 0 Å². The summed E-state index contributed by atoms with van der Waals surface area (Å²) < 4.78 is 11.0. The molecule has 0 aliphatic carbocycles. The molecule has 3 rings (SSSR count). The molecule has 1 N–H and O–H groups in total. The van der Waals surface area contributed by atoms with E-state index in [-0.39, 0.29) is 5.97 Å². The zero-order chi connectivity index (χ0) is 15.9. The molecule has 0 spiro atoms. The van der Waals surface area contributed by atoms with Crippen LogP contribution in [-0.2, 0) is 22.7 Å². The Kier molecular flexibility index (Phi) is 5.91. The number of hydrogen-bond donors (Lipinski definition) is 1. The van der Waals surface area contributed by atoms with Crippen LogP contribution < -0.4 is 5.32 Å². The Morgan fingerprint density at radius 2 is 2.09 bits per heavy atom. The van der Waals surface area contributed by atoms with Crippen LogP contribution in [-0.4, -0.2) is 25.1 Å². The van der Waals surface area contributed by atoms with Crippen molar-refractivity contribution in [1.82, 2.24) is 4.98 Å². The van der Waals surface area contributed by atoms with Crippen molar-refractivity contribution < 1.29 is 14.3 Å². The molecule has 0 saturated carbocycles. The monoisotopic (exact) mass is 364 g/mol. The van der Waals surface area contributed by atoms with Crippen molar-refractivity contribution in [3.05, 3.63) is 57.8 Å². The van der Waals surface area contributed by atoms with Crippen molar-refractivity contribution in [3.8, 4) is 0 Å². The van der Waals surface area contributed by atoms with Crippen LogP contribution in [0.3, 0.4) is 0 Å². The van der Waals surface area contributed by atoms with Gasteiger partial charge in [-0.05, 0) is 29.3 Å². The minimum absolute atomic E-state index is 0.359. The molecule has 0 amide bonds. The summed E-state index contributed by atoms with van der Waals surface area (Å²) in [5.41, 5.74) is 3.80. The maximum absolute atomic E-state index is 11.1. The van der Waals surface area contributed by atoms with Gasteiger partial charge in [-0.25, -0.2) is 4.79 Å². The predicted octanol–water partition coefficient (Wildman–Crippen LogP) is 3.39. The molecule has 5 nitrogen and oxygen atoms in total. The van der Waals surface area contributed by atoms with Crippen molar-refractivity contribution in [2.45, 2.75) is 13.2 Å². The fourth-order valence-electron chi connectivity index (χ4n) is 2.02. The highest BCUT2D eigenvalue weighted by Gasteiger charge is 2.10. The molecule has 0 fully saturated rings. The second-order valence-electron chi connectivity index (χ2n) is 4.57. The van der Waals surface area contributed by atoms with E-state index in [0.717, 1.165) is 17.7 Å². The normalized spacial score (nSPS) is 12.0. The maximum atomic E-state index is 11.1. The second-order valence-corrected chi connectivity index (χ2v) is 5.48. The molecular formula is C16H17BrN2O3. The van der Waals surface area contributed by atoms with Gasteiger partial charge >= 0.3 is 5.97 Å². The SMILES string of the molecule is Brc1ccc2c(c1)COC2.CNc1cnccc1C(=O)OC. The first kappa shape index (κ1) is 16.5. The fraction of sp³-hybridized carbons (Fsp3) is 0.250. The largest absolute Gasteiger partial charge is 0.465 e. The number of carbonyl (C=O) groups excluding carboxylic acids is 1. The van der Waals surface area contributed by atoms with Gasteiger partial charge in [0.15, 0.2) is 0 Å². The van der Waals surface area contributed by atoms with Crippen LogP contribution in [0.25, 0.3) is 0 Å². The molecule has 2 aromatic rings. The lowest BCUT2D eigenvalue weighted by molar-refractivity contribution is 0.0601. The minimum atomic E-state index is -0.359. The van der Waals surface area contributed by atoms with Crippen molar-refractivity contribution in [2.75, 3.05) is 19.5 Å². The third-order valence-corrected chi connectivity index (χ3v) is 3.67. The van der Waals surface area contributed by atoms with Gasteiger partial charge in [0, 0.05) is 17.7 Å². The number of nitrogens with one attached hydrogen (secondary N) is 1. The van der Waals surface area contributed by atoms with Gasteiger partial charge in [0.1, 0.15) is 0 Å². The van der Waals surface area contributed by atoms with Gasteiger partial charge in [-0.1, -0.05) is 22.0 Å². The molecule has 0 bridgehead atoms. The Balaban J connectivity index is 0.000000162. The Labute approximate surface area is 137 Å². The average Bonchev–Trinajstić information content (AvgIpc) is 3.02. The van der Waals surface area contributed by atoms with Gasteiger partial charge in [-0.3, -0.25) is 4.98 Å². The number of hydrogen-bond acceptors (Lipinski definition) is 5. The van der Waals surface area contributed by atoms with E-state index in [1.54, 1.807) is 25.5 Å². The lowest BCUT2D eigenvalue weighted by atomic mass is 10.1. The lowest BCUT2D eigenvalue weighted by Gasteiger charge is -2.04. The van der Waals surface area contributed by atoms with Gasteiger partial charge in [0.05, 0.1) is 37.8 Å². The molecule has 0 unspecified atom stereocenters. The highest BCUT2D eigenvalue weighted by Crippen LogP contribution is 2.23. The van der Waals surface area contributed by atoms with Crippen LogP contribution in [0.5, 0.6) is 0 Å². The summed E-state index contributed by atoms with van der Waals surface area (Å²) >= 11 is 3.41. The molecule has 1 aromatic heterocycles. The number of ether oxygens (including phenoxy) is 2. The number of esters is 1. The van der Waals surface area contributed by atoms with E-state index in [2.05, 4.69) is 43.1 Å².